The number of ether oxygens (including phenoxy) is 1. The van der Waals surface area contributed by atoms with E-state index in [1.807, 2.05) is 0 Å². The first-order chi connectivity index (χ1) is 4.76. The third-order valence-corrected chi connectivity index (χ3v) is 0.666. The van der Waals surface area contributed by atoms with Crippen LogP contribution in [0.25, 0.3) is 0 Å². The number of carbonyl (C=O) groups excluding carboxylic acids is 1. The molecule has 0 bridgehead atoms. The predicted molar refractivity (Wildman–Crippen MR) is 33.0 cm³/mol. The molecule has 0 saturated heterocycles. The van der Waals surface area contributed by atoms with Gasteiger partial charge in [0.25, 0.3) is 0 Å². The first kappa shape index (κ1) is 13.6. The van der Waals surface area contributed by atoms with Crippen LogP contribution in [-0.2, 0) is 9.53 Å². The molecule has 0 aliphatic carbocycles. The second kappa shape index (κ2) is 8.17. The van der Waals surface area contributed by atoms with Crippen molar-refractivity contribution in [3.8, 4) is 6.07 Å². The molecule has 0 aromatic heterocycles. The molecule has 0 fully saturated rings. The van der Waals surface area contributed by atoms with Crippen LogP contribution in [0.3, 0.4) is 0 Å². The van der Waals surface area contributed by atoms with Gasteiger partial charge in [0.1, 0.15) is 6.07 Å². The van der Waals surface area contributed by atoms with Crippen molar-refractivity contribution in [2.45, 2.75) is 6.92 Å². The molecule has 11 heavy (non-hydrogen) atoms. The van der Waals surface area contributed by atoms with Gasteiger partial charge in [-0.05, 0) is 6.92 Å². The van der Waals surface area contributed by atoms with Crippen molar-refractivity contribution in [3.63, 3.8) is 0 Å². The van der Waals surface area contributed by atoms with Crippen LogP contribution in [0, 0.1) is 16.5 Å². The average Bonchev–Trinajstić information content (AvgIpc) is 1.91. The van der Waals surface area contributed by atoms with Gasteiger partial charge in [0.2, 0.25) is 5.71 Å². The maximum absolute atomic E-state index is 10.4. The minimum Gasteiger partial charge on any atom is -0.791 e. The van der Waals surface area contributed by atoms with Gasteiger partial charge in [-0.2, -0.15) is 5.26 Å². The zero-order valence-electron chi connectivity index (χ0n) is 6.33. The Morgan fingerprint density at radius 1 is 1.82 bits per heavy atom. The minimum atomic E-state index is -0.972. The van der Waals surface area contributed by atoms with E-state index in [1.165, 1.54) is 6.07 Å². The van der Waals surface area contributed by atoms with Crippen molar-refractivity contribution in [1.29, 1.82) is 5.26 Å². The maximum Gasteiger partial charge on any atom is 1.00 e. The maximum atomic E-state index is 10.4. The van der Waals surface area contributed by atoms with E-state index in [2.05, 4.69) is 9.89 Å². The topological polar surface area (TPSA) is 85.5 Å². The Hall–Kier alpha value is 0.0664. The van der Waals surface area contributed by atoms with E-state index in [9.17, 15) is 10.0 Å². The second-order valence-electron chi connectivity index (χ2n) is 1.27. The van der Waals surface area contributed by atoms with Gasteiger partial charge in [0, 0.05) is 0 Å². The number of nitriles is 1. The molecule has 5 nitrogen and oxygen atoms in total. The first-order valence-electron chi connectivity index (χ1n) is 2.53. The van der Waals surface area contributed by atoms with E-state index >= 15 is 0 Å². The molecule has 0 aliphatic rings. The number of hydrogen-bond donors (Lipinski definition) is 0. The monoisotopic (exact) mass is 180 g/mol. The molecule has 0 aliphatic heterocycles. The SMILES string of the molecule is CCOC(=O)C(C#N)=N[O-].[K+]. The van der Waals surface area contributed by atoms with E-state index in [4.69, 9.17) is 5.26 Å². The molecule has 0 heterocycles. The first-order valence-corrected chi connectivity index (χ1v) is 2.53. The fourth-order valence-electron chi connectivity index (χ4n) is 0.303. The van der Waals surface area contributed by atoms with Crippen LogP contribution in [0.15, 0.2) is 5.16 Å². The summed E-state index contributed by atoms with van der Waals surface area (Å²) in [6, 6.07) is 1.30. The van der Waals surface area contributed by atoms with E-state index in [-0.39, 0.29) is 58.0 Å². The Labute approximate surface area is 106 Å². The van der Waals surface area contributed by atoms with Gasteiger partial charge < -0.3 is 15.1 Å². The van der Waals surface area contributed by atoms with Crippen LogP contribution in [0.4, 0.5) is 0 Å². The number of hydrogen-bond acceptors (Lipinski definition) is 5. The number of rotatable bonds is 2. The standard InChI is InChI=1S/C5H6N2O3.K/c1-2-10-5(8)4(3-6)7-9;/h9H,2H2,1H3;/q;+1/p-1. The molecule has 0 aromatic carbocycles. The quantitative estimate of drug-likeness (QED) is 0.196. The third-order valence-electron chi connectivity index (χ3n) is 0.666. The normalized spacial score (nSPS) is 9.27. The van der Waals surface area contributed by atoms with Gasteiger partial charge in [0.15, 0.2) is 0 Å². The van der Waals surface area contributed by atoms with Crippen LogP contribution in [0.2, 0.25) is 0 Å². The molecule has 0 spiro atoms. The molecule has 0 atom stereocenters. The summed E-state index contributed by atoms with van der Waals surface area (Å²) in [6.07, 6.45) is 0. The minimum absolute atomic E-state index is 0. The second-order valence-corrected chi connectivity index (χ2v) is 1.27. The number of carbonyl (C=O) groups is 1. The summed E-state index contributed by atoms with van der Waals surface area (Å²) in [5, 5.41) is 19.8. The van der Waals surface area contributed by atoms with Gasteiger partial charge in [0.05, 0.1) is 6.61 Å². The largest absolute Gasteiger partial charge is 1.00 e. The summed E-state index contributed by atoms with van der Waals surface area (Å²) < 4.78 is 4.29. The van der Waals surface area contributed by atoms with Gasteiger partial charge >= 0.3 is 57.4 Å². The van der Waals surface area contributed by atoms with Crippen LogP contribution >= 0.6 is 0 Å². The van der Waals surface area contributed by atoms with Crippen molar-refractivity contribution in [1.82, 2.24) is 0 Å². The number of esters is 1. The summed E-state index contributed by atoms with van der Waals surface area (Å²) in [5.74, 6) is -0.972. The van der Waals surface area contributed by atoms with Crippen LogP contribution in [0.1, 0.15) is 6.92 Å². The van der Waals surface area contributed by atoms with Crippen molar-refractivity contribution in [2.24, 2.45) is 5.16 Å². The zero-order chi connectivity index (χ0) is 7.98. The molecule has 0 aromatic rings. The van der Waals surface area contributed by atoms with Crippen molar-refractivity contribution in [2.75, 3.05) is 6.61 Å². The Morgan fingerprint density at radius 2 is 2.36 bits per heavy atom. The van der Waals surface area contributed by atoms with Crippen molar-refractivity contribution in [3.05, 3.63) is 5.21 Å². The molecule has 0 N–H and O–H groups in total. The van der Waals surface area contributed by atoms with Crippen LogP contribution in [-0.4, -0.2) is 18.3 Å². The molecular formula is C5H5KN2O3. The Morgan fingerprint density at radius 3 is 2.64 bits per heavy atom. The van der Waals surface area contributed by atoms with E-state index in [1.54, 1.807) is 6.92 Å². The molecule has 0 amide bonds. The fraction of sp³-hybridized carbons (Fsp3) is 0.400. The fourth-order valence-corrected chi connectivity index (χ4v) is 0.303. The summed E-state index contributed by atoms with van der Waals surface area (Å²) in [5.41, 5.74) is -0.748. The van der Waals surface area contributed by atoms with Gasteiger partial charge in [-0.15, -0.1) is 0 Å². The Balaban J connectivity index is 0. The molecule has 0 unspecified atom stereocenters. The molecule has 0 radical (unpaired) electrons. The van der Waals surface area contributed by atoms with E-state index in [0.29, 0.717) is 0 Å². The molecule has 0 saturated carbocycles. The molecule has 6 heteroatoms. The molecule has 54 valence electrons. The van der Waals surface area contributed by atoms with E-state index in [0.717, 1.165) is 0 Å². The van der Waals surface area contributed by atoms with Crippen molar-refractivity contribution < 1.29 is 60.9 Å². The summed E-state index contributed by atoms with van der Waals surface area (Å²) in [7, 11) is 0. The van der Waals surface area contributed by atoms with Gasteiger partial charge in [-0.3, -0.25) is 0 Å². The Bertz CT molecular complexity index is 196. The van der Waals surface area contributed by atoms with Crippen molar-refractivity contribution >= 4 is 11.7 Å². The number of nitrogens with zero attached hydrogens (tertiary/aromatic N) is 2. The Kier molecular flexibility index (Phi) is 10.1. The van der Waals surface area contributed by atoms with Crippen LogP contribution in [0.5, 0.6) is 0 Å². The summed E-state index contributed by atoms with van der Waals surface area (Å²) >= 11 is 0. The smallest absolute Gasteiger partial charge is 0.791 e. The van der Waals surface area contributed by atoms with E-state index < -0.39 is 11.7 Å². The molecular weight excluding hydrogens is 175 g/mol. The third kappa shape index (κ3) is 5.35. The average molecular weight is 180 g/mol. The van der Waals surface area contributed by atoms with Gasteiger partial charge in [-0.25, -0.2) is 4.79 Å². The predicted octanol–water partition coefficient (Wildman–Crippen LogP) is -2.98. The summed E-state index contributed by atoms with van der Waals surface area (Å²) in [6.45, 7) is 1.69. The van der Waals surface area contributed by atoms with Gasteiger partial charge in [-0.1, -0.05) is 0 Å². The molecule has 0 rings (SSSR count). The van der Waals surface area contributed by atoms with Crippen LogP contribution < -0.4 is 51.4 Å². The summed E-state index contributed by atoms with van der Waals surface area (Å²) in [4.78, 5) is 10.4. The zero-order valence-corrected chi connectivity index (χ0v) is 9.45.